The van der Waals surface area contributed by atoms with Crippen LogP contribution in [0.4, 0.5) is 4.39 Å². The summed E-state index contributed by atoms with van der Waals surface area (Å²) >= 11 is 0. The Morgan fingerprint density at radius 1 is 1.00 bits per heavy atom. The Kier molecular flexibility index (Phi) is 10.6. The maximum atomic E-state index is 15.3. The van der Waals surface area contributed by atoms with Crippen molar-refractivity contribution in [3.63, 3.8) is 0 Å². The number of rotatable bonds is 12. The smallest absolute Gasteiger partial charge is 0.333 e. The summed E-state index contributed by atoms with van der Waals surface area (Å²) in [5.74, 6) is 0.583. The van der Waals surface area contributed by atoms with E-state index < -0.39 is 17.2 Å². The van der Waals surface area contributed by atoms with E-state index in [1.54, 1.807) is 13.0 Å². The number of benzene rings is 2. The van der Waals surface area contributed by atoms with Crippen LogP contribution >= 0.6 is 0 Å². The van der Waals surface area contributed by atoms with Gasteiger partial charge in [0.15, 0.2) is 5.79 Å². The van der Waals surface area contributed by atoms with Crippen LogP contribution < -0.4 is 4.74 Å². The third-order valence-electron chi connectivity index (χ3n) is 8.55. The van der Waals surface area contributed by atoms with Gasteiger partial charge in [-0.3, -0.25) is 0 Å². The molecule has 5 nitrogen and oxygen atoms in total. The zero-order valence-corrected chi connectivity index (χ0v) is 25.3. The summed E-state index contributed by atoms with van der Waals surface area (Å²) in [6.07, 6.45) is 10.1. The van der Waals surface area contributed by atoms with Gasteiger partial charge in [-0.2, -0.15) is 0 Å². The number of ether oxygens (including phenoxy) is 4. The highest BCUT2D eigenvalue weighted by Gasteiger charge is 2.42. The lowest BCUT2D eigenvalue weighted by atomic mass is 9.77. The first-order valence-corrected chi connectivity index (χ1v) is 15.2. The van der Waals surface area contributed by atoms with Gasteiger partial charge in [-0.05, 0) is 87.6 Å². The topological polar surface area (TPSA) is 54.0 Å². The van der Waals surface area contributed by atoms with Crippen LogP contribution in [0.15, 0.2) is 54.6 Å². The Hall–Kier alpha value is -2.70. The molecule has 0 amide bonds. The minimum atomic E-state index is -0.712. The summed E-state index contributed by atoms with van der Waals surface area (Å²) in [5, 5.41) is 0. The van der Waals surface area contributed by atoms with Gasteiger partial charge >= 0.3 is 5.97 Å². The first kappa shape index (κ1) is 31.2. The molecule has 2 aromatic rings. The van der Waals surface area contributed by atoms with E-state index in [4.69, 9.17) is 18.9 Å². The molecule has 224 valence electrons. The molecule has 0 unspecified atom stereocenters. The van der Waals surface area contributed by atoms with Gasteiger partial charge in [-0.25, -0.2) is 9.18 Å². The van der Waals surface area contributed by atoms with Gasteiger partial charge < -0.3 is 18.9 Å². The SMILES string of the molecule is C=C(C)C(=O)OCC1(COc2ccc(-c3ccc(C4CCC(CCCCC)CC4)cc3F)cc2)COC(C)(C)OC1. The van der Waals surface area contributed by atoms with Crippen molar-refractivity contribution >= 4 is 5.97 Å². The summed E-state index contributed by atoms with van der Waals surface area (Å²) < 4.78 is 38.6. The molecule has 1 heterocycles. The fourth-order valence-corrected chi connectivity index (χ4v) is 5.74. The van der Waals surface area contributed by atoms with E-state index in [0.717, 1.165) is 29.9 Å². The van der Waals surface area contributed by atoms with Gasteiger partial charge in [0.2, 0.25) is 0 Å². The van der Waals surface area contributed by atoms with Crippen LogP contribution in [-0.2, 0) is 19.0 Å². The number of halogens is 1. The maximum Gasteiger partial charge on any atom is 0.333 e. The van der Waals surface area contributed by atoms with Crippen LogP contribution in [0.1, 0.15) is 90.5 Å². The van der Waals surface area contributed by atoms with Crippen LogP contribution in [0.3, 0.4) is 0 Å². The third kappa shape index (κ3) is 8.65. The lowest BCUT2D eigenvalue weighted by molar-refractivity contribution is -0.294. The van der Waals surface area contributed by atoms with Crippen molar-refractivity contribution in [2.24, 2.45) is 11.3 Å². The Labute approximate surface area is 245 Å². The number of esters is 1. The first-order valence-electron chi connectivity index (χ1n) is 15.2. The Morgan fingerprint density at radius 3 is 2.29 bits per heavy atom. The molecule has 0 atom stereocenters. The second-order valence-electron chi connectivity index (χ2n) is 12.6. The normalized spacial score (nSPS) is 21.7. The molecular weight excluding hydrogens is 519 g/mol. The zero-order valence-electron chi connectivity index (χ0n) is 25.3. The molecule has 1 aliphatic heterocycles. The Morgan fingerprint density at radius 2 is 1.68 bits per heavy atom. The lowest BCUT2D eigenvalue weighted by Crippen LogP contribution is -2.52. The van der Waals surface area contributed by atoms with Crippen molar-refractivity contribution in [2.45, 2.75) is 90.8 Å². The summed E-state index contributed by atoms with van der Waals surface area (Å²) in [7, 11) is 0. The lowest BCUT2D eigenvalue weighted by Gasteiger charge is -2.42. The molecule has 0 aromatic heterocycles. The predicted octanol–water partition coefficient (Wildman–Crippen LogP) is 8.61. The van der Waals surface area contributed by atoms with Crippen molar-refractivity contribution < 1.29 is 28.1 Å². The van der Waals surface area contributed by atoms with E-state index in [9.17, 15) is 4.79 Å². The average molecular weight is 567 g/mol. The Balaban J connectivity index is 1.35. The van der Waals surface area contributed by atoms with Crippen molar-refractivity contribution in [3.8, 4) is 16.9 Å². The van der Waals surface area contributed by atoms with Gasteiger partial charge in [0.05, 0.1) is 18.6 Å². The molecule has 2 aliphatic rings. The number of unbranched alkanes of at least 4 members (excludes halogenated alkanes) is 2. The van der Waals surface area contributed by atoms with E-state index >= 15 is 4.39 Å². The molecule has 1 saturated heterocycles. The highest BCUT2D eigenvalue weighted by Crippen LogP contribution is 2.39. The summed E-state index contributed by atoms with van der Waals surface area (Å²) in [6, 6.07) is 13.2. The van der Waals surface area contributed by atoms with Crippen molar-refractivity contribution in [1.29, 1.82) is 0 Å². The fourth-order valence-electron chi connectivity index (χ4n) is 5.74. The second kappa shape index (κ2) is 14.0. The molecular formula is C35H47FO5. The molecule has 0 radical (unpaired) electrons. The van der Waals surface area contributed by atoms with Crippen molar-refractivity contribution in [2.75, 3.05) is 26.4 Å². The van der Waals surface area contributed by atoms with Crippen molar-refractivity contribution in [1.82, 2.24) is 0 Å². The molecule has 1 saturated carbocycles. The standard InChI is InChI=1S/C35H47FO5/c1-6-7-8-9-26-10-12-27(13-11-26)29-16-19-31(32(36)20-29)28-14-17-30(18-15-28)38-21-35(22-39-33(37)25(2)3)23-40-34(4,5)41-24-35/h14-20,26-27H,2,6-13,21-24H2,1,3-5H3. The number of hydrogen-bond donors (Lipinski definition) is 0. The molecule has 0 N–H and O–H groups in total. The number of hydrogen-bond acceptors (Lipinski definition) is 5. The van der Waals surface area contributed by atoms with Crippen LogP contribution in [0.25, 0.3) is 11.1 Å². The van der Waals surface area contributed by atoms with Crippen LogP contribution in [0.5, 0.6) is 5.75 Å². The monoisotopic (exact) mass is 566 g/mol. The Bertz CT molecular complexity index is 1150. The summed E-state index contributed by atoms with van der Waals surface area (Å²) in [6.45, 7) is 12.2. The van der Waals surface area contributed by atoms with E-state index in [1.807, 2.05) is 44.2 Å². The summed E-state index contributed by atoms with van der Waals surface area (Å²) in [5.41, 5.74) is 2.19. The van der Waals surface area contributed by atoms with Gasteiger partial charge in [0.1, 0.15) is 24.8 Å². The third-order valence-corrected chi connectivity index (χ3v) is 8.55. The van der Waals surface area contributed by atoms with Crippen LogP contribution in [0.2, 0.25) is 0 Å². The predicted molar refractivity (Wildman–Crippen MR) is 160 cm³/mol. The van der Waals surface area contributed by atoms with E-state index in [2.05, 4.69) is 19.6 Å². The van der Waals surface area contributed by atoms with Gasteiger partial charge in [0.25, 0.3) is 0 Å². The molecule has 0 bridgehead atoms. The molecule has 4 rings (SSSR count). The number of carbonyl (C=O) groups is 1. The molecule has 41 heavy (non-hydrogen) atoms. The average Bonchev–Trinajstić information content (AvgIpc) is 2.97. The van der Waals surface area contributed by atoms with Crippen molar-refractivity contribution in [3.05, 3.63) is 66.0 Å². The zero-order chi connectivity index (χ0) is 29.5. The fraction of sp³-hybridized carbons (Fsp3) is 0.571. The molecule has 1 aliphatic carbocycles. The highest BCUT2D eigenvalue weighted by molar-refractivity contribution is 5.86. The minimum Gasteiger partial charge on any atom is -0.493 e. The largest absolute Gasteiger partial charge is 0.493 e. The van der Waals surface area contributed by atoms with Gasteiger partial charge in [0, 0.05) is 11.1 Å². The summed E-state index contributed by atoms with van der Waals surface area (Å²) in [4.78, 5) is 12.0. The van der Waals surface area contributed by atoms with Gasteiger partial charge in [-0.15, -0.1) is 0 Å². The molecule has 6 heteroatoms. The highest BCUT2D eigenvalue weighted by atomic mass is 19.1. The van der Waals surface area contributed by atoms with Crippen LogP contribution in [0, 0.1) is 17.2 Å². The second-order valence-corrected chi connectivity index (χ2v) is 12.6. The number of carbonyl (C=O) groups excluding carboxylic acids is 1. The van der Waals surface area contributed by atoms with Crippen LogP contribution in [-0.4, -0.2) is 38.2 Å². The van der Waals surface area contributed by atoms with E-state index in [0.29, 0.717) is 36.0 Å². The maximum absolute atomic E-state index is 15.3. The minimum absolute atomic E-state index is 0.0882. The first-order chi connectivity index (χ1) is 19.6. The molecule has 2 aromatic carbocycles. The van der Waals surface area contributed by atoms with Gasteiger partial charge in [-0.1, -0.05) is 63.5 Å². The quantitative estimate of drug-likeness (QED) is 0.146. The molecule has 0 spiro atoms. The molecule has 2 fully saturated rings. The van der Waals surface area contributed by atoms with E-state index in [-0.39, 0.29) is 19.0 Å². The van der Waals surface area contributed by atoms with E-state index in [1.165, 1.54) is 38.5 Å².